The Kier molecular flexibility index (Phi) is 4.06. The summed E-state index contributed by atoms with van der Waals surface area (Å²) in [4.78, 5) is 11.9. The van der Waals surface area contributed by atoms with Crippen molar-refractivity contribution in [1.82, 2.24) is 9.97 Å². The highest BCUT2D eigenvalue weighted by molar-refractivity contribution is 7.09. The number of hydrogen-bond acceptors (Lipinski definition) is 5. The van der Waals surface area contributed by atoms with E-state index in [0.717, 1.165) is 18.9 Å². The molecule has 0 aliphatic heterocycles. The molecule has 0 aromatic carbocycles. The maximum atomic E-state index is 9.05. The summed E-state index contributed by atoms with van der Waals surface area (Å²) < 4.78 is 0. The second-order valence-electron chi connectivity index (χ2n) is 3.62. The monoisotopic (exact) mass is 249 g/mol. The number of aromatic nitrogens is 2. The quantitative estimate of drug-likeness (QED) is 0.881. The Bertz CT molecular complexity index is 459. The van der Waals surface area contributed by atoms with Gasteiger partial charge in [-0.05, 0) is 18.4 Å². The predicted octanol–water partition coefficient (Wildman–Crippen LogP) is 2.06. The summed E-state index contributed by atoms with van der Waals surface area (Å²) in [6.45, 7) is 3.71. The standard InChI is InChI=1S/C12H15N3OS/c1-2-15(8-11-4-3-5-17-11)12-7-13-6-10(9-16)14-12/h3-7,16H,2,8-9H2,1H3. The first-order valence-electron chi connectivity index (χ1n) is 5.52. The molecular weight excluding hydrogens is 234 g/mol. The Morgan fingerprint density at radius 1 is 1.41 bits per heavy atom. The predicted molar refractivity (Wildman–Crippen MR) is 69.0 cm³/mol. The highest BCUT2D eigenvalue weighted by Gasteiger charge is 2.08. The van der Waals surface area contributed by atoms with Crippen molar-refractivity contribution in [3.8, 4) is 0 Å². The zero-order valence-electron chi connectivity index (χ0n) is 9.71. The topological polar surface area (TPSA) is 49.2 Å². The zero-order valence-corrected chi connectivity index (χ0v) is 10.5. The van der Waals surface area contributed by atoms with Crippen LogP contribution >= 0.6 is 11.3 Å². The van der Waals surface area contributed by atoms with E-state index >= 15 is 0 Å². The molecule has 2 aromatic heterocycles. The van der Waals surface area contributed by atoms with Gasteiger partial charge in [-0.1, -0.05) is 6.07 Å². The van der Waals surface area contributed by atoms with E-state index in [2.05, 4.69) is 33.2 Å². The van der Waals surface area contributed by atoms with Crippen LogP contribution < -0.4 is 4.90 Å². The lowest BCUT2D eigenvalue weighted by atomic mass is 10.4. The van der Waals surface area contributed by atoms with E-state index in [9.17, 15) is 0 Å². The molecule has 0 spiro atoms. The van der Waals surface area contributed by atoms with Gasteiger partial charge in [-0.25, -0.2) is 4.98 Å². The Hall–Kier alpha value is -1.46. The number of rotatable bonds is 5. The van der Waals surface area contributed by atoms with Crippen molar-refractivity contribution in [3.05, 3.63) is 40.5 Å². The molecule has 4 nitrogen and oxygen atoms in total. The minimum atomic E-state index is -0.0720. The van der Waals surface area contributed by atoms with Crippen molar-refractivity contribution in [3.63, 3.8) is 0 Å². The first-order valence-corrected chi connectivity index (χ1v) is 6.40. The Balaban J connectivity index is 2.16. The normalized spacial score (nSPS) is 10.5. The molecule has 90 valence electrons. The van der Waals surface area contributed by atoms with Crippen LogP contribution in [0.1, 0.15) is 17.5 Å². The van der Waals surface area contributed by atoms with Gasteiger partial charge < -0.3 is 10.0 Å². The number of nitrogens with zero attached hydrogens (tertiary/aromatic N) is 3. The zero-order chi connectivity index (χ0) is 12.1. The van der Waals surface area contributed by atoms with Crippen LogP contribution in [0.2, 0.25) is 0 Å². The molecule has 2 rings (SSSR count). The molecule has 1 N–H and O–H groups in total. The lowest BCUT2D eigenvalue weighted by Crippen LogP contribution is -2.23. The summed E-state index contributed by atoms with van der Waals surface area (Å²) >= 11 is 1.73. The number of aliphatic hydroxyl groups excluding tert-OH is 1. The average molecular weight is 249 g/mol. The van der Waals surface area contributed by atoms with Gasteiger partial charge in [0.15, 0.2) is 0 Å². The molecule has 0 saturated carbocycles. The largest absolute Gasteiger partial charge is 0.390 e. The molecule has 0 unspecified atom stereocenters. The molecule has 0 fully saturated rings. The molecule has 0 atom stereocenters. The molecule has 0 amide bonds. The van der Waals surface area contributed by atoms with Crippen LogP contribution in [0.5, 0.6) is 0 Å². The van der Waals surface area contributed by atoms with Crippen molar-refractivity contribution in [1.29, 1.82) is 0 Å². The maximum absolute atomic E-state index is 9.05. The third-order valence-electron chi connectivity index (χ3n) is 2.47. The number of aliphatic hydroxyl groups is 1. The SMILES string of the molecule is CCN(Cc1cccs1)c1cncc(CO)n1. The third-order valence-corrected chi connectivity index (χ3v) is 3.33. The van der Waals surface area contributed by atoms with Crippen molar-refractivity contribution in [2.75, 3.05) is 11.4 Å². The van der Waals surface area contributed by atoms with Crippen LogP contribution in [0.15, 0.2) is 29.9 Å². The van der Waals surface area contributed by atoms with Gasteiger partial charge in [0.05, 0.1) is 31.2 Å². The highest BCUT2D eigenvalue weighted by Crippen LogP contribution is 2.17. The highest BCUT2D eigenvalue weighted by atomic mass is 32.1. The fourth-order valence-electron chi connectivity index (χ4n) is 1.57. The lowest BCUT2D eigenvalue weighted by molar-refractivity contribution is 0.276. The number of anilines is 1. The van der Waals surface area contributed by atoms with Gasteiger partial charge in [0.2, 0.25) is 0 Å². The van der Waals surface area contributed by atoms with E-state index < -0.39 is 0 Å². The minimum Gasteiger partial charge on any atom is -0.390 e. The summed E-state index contributed by atoms with van der Waals surface area (Å²) in [6.07, 6.45) is 3.32. The smallest absolute Gasteiger partial charge is 0.147 e. The van der Waals surface area contributed by atoms with Gasteiger partial charge in [0.1, 0.15) is 5.82 Å². The third kappa shape index (κ3) is 3.01. The fraction of sp³-hybridized carbons (Fsp3) is 0.333. The molecule has 0 bridgehead atoms. The minimum absolute atomic E-state index is 0.0720. The summed E-state index contributed by atoms with van der Waals surface area (Å²) in [5, 5.41) is 11.1. The second-order valence-corrected chi connectivity index (χ2v) is 4.65. The van der Waals surface area contributed by atoms with E-state index in [1.165, 1.54) is 4.88 Å². The van der Waals surface area contributed by atoms with Crippen molar-refractivity contribution < 1.29 is 5.11 Å². The molecule has 2 heterocycles. The first kappa shape index (κ1) is 12.0. The molecule has 0 aliphatic carbocycles. The van der Waals surface area contributed by atoms with Crippen LogP contribution in [0.3, 0.4) is 0 Å². The molecule has 0 radical (unpaired) electrons. The molecule has 0 aliphatic rings. The van der Waals surface area contributed by atoms with Gasteiger partial charge in [0.25, 0.3) is 0 Å². The van der Waals surface area contributed by atoms with Crippen molar-refractivity contribution >= 4 is 17.2 Å². The van der Waals surface area contributed by atoms with E-state index in [1.807, 2.05) is 6.07 Å². The Morgan fingerprint density at radius 3 is 2.94 bits per heavy atom. The van der Waals surface area contributed by atoms with E-state index in [0.29, 0.717) is 5.69 Å². The Labute approximate surface area is 105 Å². The summed E-state index contributed by atoms with van der Waals surface area (Å²) in [5.74, 6) is 0.812. The molecule has 17 heavy (non-hydrogen) atoms. The summed E-state index contributed by atoms with van der Waals surface area (Å²) in [7, 11) is 0. The van der Waals surface area contributed by atoms with Gasteiger partial charge in [0, 0.05) is 11.4 Å². The van der Waals surface area contributed by atoms with Gasteiger partial charge in [-0.3, -0.25) is 4.98 Å². The van der Waals surface area contributed by atoms with Crippen LogP contribution in [-0.4, -0.2) is 21.6 Å². The Morgan fingerprint density at radius 2 is 2.29 bits per heavy atom. The summed E-state index contributed by atoms with van der Waals surface area (Å²) in [5.41, 5.74) is 0.604. The van der Waals surface area contributed by atoms with Gasteiger partial charge in [-0.2, -0.15) is 0 Å². The molecule has 0 saturated heterocycles. The maximum Gasteiger partial charge on any atom is 0.147 e. The molecule has 2 aromatic rings. The lowest BCUT2D eigenvalue weighted by Gasteiger charge is -2.21. The first-order chi connectivity index (χ1) is 8.33. The molecular formula is C12H15N3OS. The van der Waals surface area contributed by atoms with Crippen LogP contribution in [0.4, 0.5) is 5.82 Å². The summed E-state index contributed by atoms with van der Waals surface area (Å²) in [6, 6.07) is 4.15. The van der Waals surface area contributed by atoms with Crippen LogP contribution in [0.25, 0.3) is 0 Å². The van der Waals surface area contributed by atoms with E-state index in [4.69, 9.17) is 5.11 Å². The second kappa shape index (κ2) is 5.75. The number of hydrogen-bond donors (Lipinski definition) is 1. The molecule has 5 heteroatoms. The van der Waals surface area contributed by atoms with Crippen molar-refractivity contribution in [2.24, 2.45) is 0 Å². The van der Waals surface area contributed by atoms with E-state index in [-0.39, 0.29) is 6.61 Å². The average Bonchev–Trinajstić information content (AvgIpc) is 2.89. The fourth-order valence-corrected chi connectivity index (χ4v) is 2.29. The van der Waals surface area contributed by atoms with Crippen LogP contribution in [-0.2, 0) is 13.2 Å². The number of thiophene rings is 1. The van der Waals surface area contributed by atoms with Crippen molar-refractivity contribution in [2.45, 2.75) is 20.1 Å². The van der Waals surface area contributed by atoms with Gasteiger partial charge >= 0.3 is 0 Å². The van der Waals surface area contributed by atoms with Crippen LogP contribution in [0, 0.1) is 0 Å². The van der Waals surface area contributed by atoms with E-state index in [1.54, 1.807) is 23.7 Å². The van der Waals surface area contributed by atoms with Gasteiger partial charge in [-0.15, -0.1) is 11.3 Å².